The van der Waals surface area contributed by atoms with Crippen LogP contribution in [0.5, 0.6) is 0 Å². The third-order valence-electron chi connectivity index (χ3n) is 2.03. The van der Waals surface area contributed by atoms with Crippen molar-refractivity contribution in [3.05, 3.63) is 0 Å². The van der Waals surface area contributed by atoms with E-state index in [-0.39, 0.29) is 6.10 Å². The van der Waals surface area contributed by atoms with Gasteiger partial charge in [0.15, 0.2) is 0 Å². The fourth-order valence-electron chi connectivity index (χ4n) is 1.21. The molecule has 0 aromatic rings. The van der Waals surface area contributed by atoms with Crippen molar-refractivity contribution in [2.24, 2.45) is 0 Å². The highest BCUT2D eigenvalue weighted by molar-refractivity contribution is 4.55. The fraction of sp³-hybridized carbons (Fsp3) is 1.00. The van der Waals surface area contributed by atoms with Crippen molar-refractivity contribution in [3.8, 4) is 0 Å². The SMILES string of the molecule is CCCCCC(O)CCCC. The lowest BCUT2D eigenvalue weighted by Gasteiger charge is -2.08. The van der Waals surface area contributed by atoms with Crippen molar-refractivity contribution >= 4 is 0 Å². The first kappa shape index (κ1) is 11.0. The maximum atomic E-state index is 9.41. The molecule has 0 bridgehead atoms. The molecule has 0 saturated heterocycles. The van der Waals surface area contributed by atoms with Gasteiger partial charge in [-0.25, -0.2) is 0 Å². The summed E-state index contributed by atoms with van der Waals surface area (Å²) in [5.41, 5.74) is 0. The molecule has 0 spiro atoms. The molecule has 0 amide bonds. The Hall–Kier alpha value is -0.0400. The van der Waals surface area contributed by atoms with Gasteiger partial charge in [-0.15, -0.1) is 0 Å². The van der Waals surface area contributed by atoms with E-state index < -0.39 is 0 Å². The molecule has 0 aliphatic rings. The highest BCUT2D eigenvalue weighted by Gasteiger charge is 2.01. The van der Waals surface area contributed by atoms with Crippen LogP contribution in [0.2, 0.25) is 0 Å². The topological polar surface area (TPSA) is 20.2 Å². The van der Waals surface area contributed by atoms with E-state index in [1.54, 1.807) is 0 Å². The Kier molecular flexibility index (Phi) is 8.03. The van der Waals surface area contributed by atoms with Gasteiger partial charge in [0.1, 0.15) is 0 Å². The Bertz CT molecular complexity index is 71.3. The number of rotatable bonds is 7. The van der Waals surface area contributed by atoms with Crippen molar-refractivity contribution in [3.63, 3.8) is 0 Å². The standard InChI is InChI=1S/C10H22O/c1-3-5-7-9-10(11)8-6-4-2/h10-11H,3-9H2,1-2H3. The Morgan fingerprint density at radius 2 is 1.45 bits per heavy atom. The van der Waals surface area contributed by atoms with E-state index in [9.17, 15) is 5.11 Å². The van der Waals surface area contributed by atoms with Gasteiger partial charge in [-0.2, -0.15) is 0 Å². The van der Waals surface area contributed by atoms with E-state index in [4.69, 9.17) is 0 Å². The fourth-order valence-corrected chi connectivity index (χ4v) is 1.21. The molecule has 1 heteroatoms. The van der Waals surface area contributed by atoms with E-state index in [0.717, 1.165) is 12.8 Å². The van der Waals surface area contributed by atoms with E-state index in [1.165, 1.54) is 32.1 Å². The second kappa shape index (κ2) is 8.06. The summed E-state index contributed by atoms with van der Waals surface area (Å²) in [6, 6.07) is 0. The predicted molar refractivity (Wildman–Crippen MR) is 49.7 cm³/mol. The van der Waals surface area contributed by atoms with Gasteiger partial charge in [0, 0.05) is 0 Å². The summed E-state index contributed by atoms with van der Waals surface area (Å²) in [6.07, 6.45) is 8.07. The summed E-state index contributed by atoms with van der Waals surface area (Å²) in [7, 11) is 0. The highest BCUT2D eigenvalue weighted by Crippen LogP contribution is 2.08. The van der Waals surface area contributed by atoms with Crippen molar-refractivity contribution in [2.75, 3.05) is 0 Å². The summed E-state index contributed by atoms with van der Waals surface area (Å²) < 4.78 is 0. The van der Waals surface area contributed by atoms with Gasteiger partial charge < -0.3 is 5.11 Å². The Balaban J connectivity index is 3.02. The average molecular weight is 158 g/mol. The Morgan fingerprint density at radius 3 is 2.00 bits per heavy atom. The Labute approximate surface area is 70.8 Å². The van der Waals surface area contributed by atoms with Crippen LogP contribution in [0, 0.1) is 0 Å². The largest absolute Gasteiger partial charge is 0.393 e. The number of hydrogen-bond donors (Lipinski definition) is 1. The molecule has 1 unspecified atom stereocenters. The second-order valence-electron chi connectivity index (χ2n) is 3.29. The first-order valence-electron chi connectivity index (χ1n) is 4.99. The summed E-state index contributed by atoms with van der Waals surface area (Å²) in [5.74, 6) is 0. The number of aliphatic hydroxyl groups is 1. The average Bonchev–Trinajstić information content (AvgIpc) is 2.01. The monoisotopic (exact) mass is 158 g/mol. The molecule has 0 saturated carbocycles. The molecular weight excluding hydrogens is 136 g/mol. The third-order valence-corrected chi connectivity index (χ3v) is 2.03. The zero-order valence-corrected chi connectivity index (χ0v) is 7.97. The van der Waals surface area contributed by atoms with Crippen molar-refractivity contribution < 1.29 is 5.11 Å². The lowest BCUT2D eigenvalue weighted by atomic mass is 10.1. The van der Waals surface area contributed by atoms with Crippen LogP contribution in [0.4, 0.5) is 0 Å². The molecule has 0 aromatic carbocycles. The van der Waals surface area contributed by atoms with Crippen LogP contribution >= 0.6 is 0 Å². The molecule has 11 heavy (non-hydrogen) atoms. The van der Waals surface area contributed by atoms with Crippen molar-refractivity contribution in [1.82, 2.24) is 0 Å². The molecule has 0 aliphatic carbocycles. The zero-order valence-electron chi connectivity index (χ0n) is 7.97. The molecule has 1 nitrogen and oxygen atoms in total. The lowest BCUT2D eigenvalue weighted by Crippen LogP contribution is -2.05. The summed E-state index contributed by atoms with van der Waals surface area (Å²) in [6.45, 7) is 4.36. The van der Waals surface area contributed by atoms with Crippen LogP contribution in [-0.2, 0) is 0 Å². The maximum absolute atomic E-state index is 9.41. The van der Waals surface area contributed by atoms with Crippen LogP contribution in [0.15, 0.2) is 0 Å². The summed E-state index contributed by atoms with van der Waals surface area (Å²) in [4.78, 5) is 0. The maximum Gasteiger partial charge on any atom is 0.0540 e. The van der Waals surface area contributed by atoms with Gasteiger partial charge in [0.25, 0.3) is 0 Å². The number of aliphatic hydroxyl groups excluding tert-OH is 1. The van der Waals surface area contributed by atoms with Gasteiger partial charge in [0.05, 0.1) is 6.10 Å². The predicted octanol–water partition coefficient (Wildman–Crippen LogP) is 3.12. The lowest BCUT2D eigenvalue weighted by molar-refractivity contribution is 0.148. The van der Waals surface area contributed by atoms with Crippen LogP contribution in [0.3, 0.4) is 0 Å². The van der Waals surface area contributed by atoms with E-state index in [0.29, 0.717) is 0 Å². The van der Waals surface area contributed by atoms with Gasteiger partial charge >= 0.3 is 0 Å². The van der Waals surface area contributed by atoms with Gasteiger partial charge in [-0.1, -0.05) is 46.0 Å². The first-order valence-corrected chi connectivity index (χ1v) is 4.99. The molecule has 0 rings (SSSR count). The molecular formula is C10H22O. The molecule has 0 aliphatic heterocycles. The zero-order chi connectivity index (χ0) is 8.53. The number of unbranched alkanes of at least 4 members (excludes halogenated alkanes) is 3. The minimum atomic E-state index is -0.0264. The van der Waals surface area contributed by atoms with Crippen LogP contribution in [-0.4, -0.2) is 11.2 Å². The molecule has 0 heterocycles. The highest BCUT2D eigenvalue weighted by atomic mass is 16.3. The van der Waals surface area contributed by atoms with E-state index in [1.807, 2.05) is 0 Å². The molecule has 0 radical (unpaired) electrons. The van der Waals surface area contributed by atoms with Gasteiger partial charge in [-0.3, -0.25) is 0 Å². The minimum Gasteiger partial charge on any atom is -0.393 e. The smallest absolute Gasteiger partial charge is 0.0540 e. The van der Waals surface area contributed by atoms with Crippen LogP contribution < -0.4 is 0 Å². The molecule has 1 atom stereocenters. The van der Waals surface area contributed by atoms with Crippen molar-refractivity contribution in [1.29, 1.82) is 0 Å². The van der Waals surface area contributed by atoms with Gasteiger partial charge in [0.2, 0.25) is 0 Å². The first-order chi connectivity index (χ1) is 5.31. The molecule has 0 aromatic heterocycles. The third kappa shape index (κ3) is 7.86. The molecule has 1 N–H and O–H groups in total. The Morgan fingerprint density at radius 1 is 0.909 bits per heavy atom. The van der Waals surface area contributed by atoms with Crippen molar-refractivity contribution in [2.45, 2.75) is 64.9 Å². The normalized spacial score (nSPS) is 13.4. The summed E-state index contributed by atoms with van der Waals surface area (Å²) >= 11 is 0. The summed E-state index contributed by atoms with van der Waals surface area (Å²) in [5, 5.41) is 9.41. The van der Waals surface area contributed by atoms with E-state index in [2.05, 4.69) is 13.8 Å². The second-order valence-corrected chi connectivity index (χ2v) is 3.29. The van der Waals surface area contributed by atoms with Gasteiger partial charge in [-0.05, 0) is 12.8 Å². The van der Waals surface area contributed by atoms with Crippen LogP contribution in [0.1, 0.15) is 58.8 Å². The minimum absolute atomic E-state index is 0.0264. The quantitative estimate of drug-likeness (QED) is 0.564. The van der Waals surface area contributed by atoms with E-state index >= 15 is 0 Å². The van der Waals surface area contributed by atoms with Crippen LogP contribution in [0.25, 0.3) is 0 Å². The number of hydrogen-bond acceptors (Lipinski definition) is 1. The molecule has 0 fully saturated rings. The molecule has 68 valence electrons.